The molecule has 0 atom stereocenters. The maximum absolute atomic E-state index is 13.4. The number of hydrogen-bond acceptors (Lipinski definition) is 5. The Morgan fingerprint density at radius 2 is 1.74 bits per heavy atom. The minimum Gasteiger partial charge on any atom is -0.459 e. The first-order valence-electron chi connectivity index (χ1n) is 12.3. The first-order valence-corrected chi connectivity index (χ1v) is 12.3. The molecule has 0 bridgehead atoms. The van der Waals surface area contributed by atoms with Gasteiger partial charge >= 0.3 is 0 Å². The van der Waals surface area contributed by atoms with Crippen LogP contribution < -0.4 is 10.2 Å². The number of nitrogens with zero attached hydrogens (tertiary/aromatic N) is 3. The van der Waals surface area contributed by atoms with Crippen LogP contribution in [0.25, 0.3) is 0 Å². The number of rotatable bonds is 7. The number of benzene rings is 1. The summed E-state index contributed by atoms with van der Waals surface area (Å²) in [6, 6.07) is 8.70. The number of carbonyl (C=O) groups is 3. The second kappa shape index (κ2) is 10.8. The highest BCUT2D eigenvalue weighted by Crippen LogP contribution is 2.30. The molecule has 182 valence electrons. The smallest absolute Gasteiger partial charge is 0.291 e. The van der Waals surface area contributed by atoms with Crippen molar-refractivity contribution >= 4 is 29.1 Å². The van der Waals surface area contributed by atoms with E-state index in [-0.39, 0.29) is 29.4 Å². The van der Waals surface area contributed by atoms with Gasteiger partial charge in [-0.05, 0) is 57.0 Å². The van der Waals surface area contributed by atoms with Gasteiger partial charge in [-0.2, -0.15) is 0 Å². The lowest BCUT2D eigenvalue weighted by Crippen LogP contribution is -2.50. The fraction of sp³-hybridized carbons (Fsp3) is 0.500. The third-order valence-corrected chi connectivity index (χ3v) is 6.92. The second-order valence-corrected chi connectivity index (χ2v) is 8.93. The van der Waals surface area contributed by atoms with Crippen molar-refractivity contribution in [3.05, 3.63) is 47.9 Å². The number of piperazine rings is 1. The van der Waals surface area contributed by atoms with E-state index in [2.05, 4.69) is 10.2 Å². The van der Waals surface area contributed by atoms with Crippen molar-refractivity contribution in [1.82, 2.24) is 9.80 Å². The Kier molecular flexibility index (Phi) is 7.55. The molecule has 2 aliphatic rings. The summed E-state index contributed by atoms with van der Waals surface area (Å²) in [7, 11) is 0. The van der Waals surface area contributed by atoms with Crippen LogP contribution in [0.2, 0.25) is 0 Å². The van der Waals surface area contributed by atoms with Gasteiger partial charge in [0.2, 0.25) is 5.91 Å². The van der Waals surface area contributed by atoms with Gasteiger partial charge in [-0.25, -0.2) is 0 Å². The molecule has 0 unspecified atom stereocenters. The summed E-state index contributed by atoms with van der Waals surface area (Å²) in [5.74, 6) is 0.247. The van der Waals surface area contributed by atoms with Gasteiger partial charge in [-0.3, -0.25) is 14.4 Å². The summed E-state index contributed by atoms with van der Waals surface area (Å²) >= 11 is 0. The number of hydrogen-bond donors (Lipinski definition) is 1. The fourth-order valence-corrected chi connectivity index (χ4v) is 4.94. The Hall–Kier alpha value is -3.29. The molecule has 1 aromatic carbocycles. The number of furan rings is 1. The molecule has 1 aromatic heterocycles. The molecular formula is C26H34N4O4. The molecule has 3 amide bonds. The molecule has 2 heterocycles. The molecule has 34 heavy (non-hydrogen) atoms. The Bertz CT molecular complexity index is 1000. The van der Waals surface area contributed by atoms with E-state index in [1.807, 2.05) is 30.9 Å². The lowest BCUT2D eigenvalue weighted by atomic mass is 10.1. The normalized spacial score (nSPS) is 16.5. The van der Waals surface area contributed by atoms with Crippen molar-refractivity contribution in [1.29, 1.82) is 0 Å². The summed E-state index contributed by atoms with van der Waals surface area (Å²) < 4.78 is 5.18. The summed E-state index contributed by atoms with van der Waals surface area (Å²) in [5, 5.41) is 2.82. The van der Waals surface area contributed by atoms with E-state index in [1.165, 1.54) is 6.26 Å². The average Bonchev–Trinajstić information content (AvgIpc) is 3.59. The van der Waals surface area contributed by atoms with E-state index in [9.17, 15) is 14.4 Å². The summed E-state index contributed by atoms with van der Waals surface area (Å²) in [6.07, 6.45) is 5.76. The molecular weight excluding hydrogens is 432 g/mol. The minimum atomic E-state index is -0.363. The molecule has 0 spiro atoms. The number of carbonyl (C=O) groups excluding carboxylic acids is 3. The highest BCUT2D eigenvalue weighted by atomic mass is 16.3. The molecule has 8 nitrogen and oxygen atoms in total. The van der Waals surface area contributed by atoms with Gasteiger partial charge in [-0.1, -0.05) is 12.8 Å². The van der Waals surface area contributed by atoms with Crippen LogP contribution >= 0.6 is 0 Å². The number of anilines is 2. The van der Waals surface area contributed by atoms with Crippen molar-refractivity contribution in [2.24, 2.45) is 5.92 Å². The largest absolute Gasteiger partial charge is 0.459 e. The highest BCUT2D eigenvalue weighted by molar-refractivity contribution is 6.05. The van der Waals surface area contributed by atoms with E-state index >= 15 is 0 Å². The lowest BCUT2D eigenvalue weighted by molar-refractivity contribution is -0.135. The average molecular weight is 467 g/mol. The van der Waals surface area contributed by atoms with Gasteiger partial charge in [0.1, 0.15) is 0 Å². The van der Waals surface area contributed by atoms with E-state index in [0.717, 1.165) is 31.4 Å². The zero-order valence-corrected chi connectivity index (χ0v) is 20.1. The van der Waals surface area contributed by atoms with Crippen molar-refractivity contribution in [3.8, 4) is 0 Å². The summed E-state index contributed by atoms with van der Waals surface area (Å²) in [5.41, 5.74) is 1.92. The van der Waals surface area contributed by atoms with Crippen molar-refractivity contribution in [3.63, 3.8) is 0 Å². The predicted octanol–water partition coefficient (Wildman–Crippen LogP) is 3.85. The molecule has 4 rings (SSSR count). The Balaban J connectivity index is 1.53. The van der Waals surface area contributed by atoms with Crippen LogP contribution in [-0.4, -0.2) is 66.8 Å². The topological polar surface area (TPSA) is 86.1 Å². The fourth-order valence-electron chi connectivity index (χ4n) is 4.94. The van der Waals surface area contributed by atoms with E-state index < -0.39 is 0 Å². The Morgan fingerprint density at radius 3 is 2.35 bits per heavy atom. The van der Waals surface area contributed by atoms with Gasteiger partial charge in [-0.15, -0.1) is 0 Å². The Morgan fingerprint density at radius 1 is 1.03 bits per heavy atom. The molecule has 2 aromatic rings. The SMILES string of the molecule is CCN(CC)C(=O)c1cc(NC(=O)c2ccco2)ccc1N1CCN(C(=O)C2CCCC2)CC1. The predicted molar refractivity (Wildman–Crippen MR) is 131 cm³/mol. The molecule has 1 saturated heterocycles. The number of amides is 3. The summed E-state index contributed by atoms with van der Waals surface area (Å²) in [6.45, 7) is 7.78. The minimum absolute atomic E-state index is 0.0708. The van der Waals surface area contributed by atoms with Crippen LogP contribution in [0.5, 0.6) is 0 Å². The monoisotopic (exact) mass is 466 g/mol. The molecule has 1 aliphatic carbocycles. The zero-order chi connectivity index (χ0) is 24.1. The maximum atomic E-state index is 13.4. The van der Waals surface area contributed by atoms with Gasteiger partial charge in [0.25, 0.3) is 11.8 Å². The quantitative estimate of drug-likeness (QED) is 0.670. The molecule has 0 radical (unpaired) electrons. The van der Waals surface area contributed by atoms with E-state index in [1.54, 1.807) is 23.1 Å². The van der Waals surface area contributed by atoms with Crippen molar-refractivity contribution < 1.29 is 18.8 Å². The summed E-state index contributed by atoms with van der Waals surface area (Å²) in [4.78, 5) is 44.6. The molecule has 2 fully saturated rings. The van der Waals surface area contributed by atoms with E-state index in [4.69, 9.17) is 4.42 Å². The van der Waals surface area contributed by atoms with Crippen LogP contribution in [0.15, 0.2) is 41.0 Å². The third kappa shape index (κ3) is 5.11. The Labute approximate surface area is 200 Å². The van der Waals surface area contributed by atoms with Crippen molar-refractivity contribution in [2.75, 3.05) is 49.5 Å². The van der Waals surface area contributed by atoms with Crippen LogP contribution in [0, 0.1) is 5.92 Å². The molecule has 8 heteroatoms. The first-order chi connectivity index (χ1) is 16.5. The molecule has 1 saturated carbocycles. The van der Waals surface area contributed by atoms with Crippen LogP contribution in [0.3, 0.4) is 0 Å². The van der Waals surface area contributed by atoms with Gasteiger partial charge in [0.05, 0.1) is 11.8 Å². The maximum Gasteiger partial charge on any atom is 0.291 e. The first kappa shape index (κ1) is 23.9. The van der Waals surface area contributed by atoms with Crippen molar-refractivity contribution in [2.45, 2.75) is 39.5 Å². The van der Waals surface area contributed by atoms with E-state index in [0.29, 0.717) is 50.5 Å². The lowest BCUT2D eigenvalue weighted by Gasteiger charge is -2.38. The van der Waals surface area contributed by atoms with Crippen LogP contribution in [-0.2, 0) is 4.79 Å². The van der Waals surface area contributed by atoms with Crippen LogP contribution in [0.1, 0.15) is 60.4 Å². The molecule has 1 aliphatic heterocycles. The second-order valence-electron chi connectivity index (χ2n) is 8.93. The van der Waals surface area contributed by atoms with Gasteiger partial charge < -0.3 is 24.4 Å². The third-order valence-electron chi connectivity index (χ3n) is 6.92. The standard InChI is InChI=1S/C26H34N4O4/c1-3-28(4-2)26(33)21-18-20(27-24(31)23-10-7-17-34-23)11-12-22(21)29-13-15-30(16-14-29)25(32)19-8-5-6-9-19/h7,10-12,17-19H,3-6,8-9,13-16H2,1-2H3,(H,27,31). The number of nitrogens with one attached hydrogen (secondary N) is 1. The van der Waals surface area contributed by atoms with Gasteiger partial charge in [0.15, 0.2) is 5.76 Å². The molecule has 1 N–H and O–H groups in total. The highest BCUT2D eigenvalue weighted by Gasteiger charge is 2.30. The van der Waals surface area contributed by atoms with Gasteiger partial charge in [0, 0.05) is 56.6 Å². The zero-order valence-electron chi connectivity index (χ0n) is 20.1. The van der Waals surface area contributed by atoms with Crippen LogP contribution in [0.4, 0.5) is 11.4 Å².